The van der Waals surface area contributed by atoms with E-state index in [1.165, 1.54) is 0 Å². The average molecular weight is 181 g/mol. The molecule has 1 aliphatic rings. The highest BCUT2D eigenvalue weighted by Crippen LogP contribution is 2.31. The van der Waals surface area contributed by atoms with Crippen LogP contribution in [0.5, 0.6) is 0 Å². The Bertz CT molecular complexity index is 233. The number of hydrogen-bond donors (Lipinski definition) is 2. The Morgan fingerprint density at radius 1 is 1.31 bits per heavy atom. The lowest BCUT2D eigenvalue weighted by Crippen LogP contribution is -2.59. The summed E-state index contributed by atoms with van der Waals surface area (Å²) in [6.45, 7) is 5.43. The van der Waals surface area contributed by atoms with Crippen LogP contribution >= 0.6 is 0 Å². The quantitative estimate of drug-likeness (QED) is 0.680. The summed E-state index contributed by atoms with van der Waals surface area (Å²) in [6, 6.07) is 0. The van der Waals surface area contributed by atoms with Crippen molar-refractivity contribution in [3.63, 3.8) is 0 Å². The molecule has 0 saturated carbocycles. The van der Waals surface area contributed by atoms with Gasteiger partial charge in [0.2, 0.25) is 0 Å². The lowest BCUT2D eigenvalue weighted by molar-refractivity contribution is -0.0132. The summed E-state index contributed by atoms with van der Waals surface area (Å²) >= 11 is 0. The van der Waals surface area contributed by atoms with Crippen LogP contribution in [0, 0.1) is 5.92 Å². The molecule has 0 amide bonds. The molecule has 0 radical (unpaired) electrons. The van der Waals surface area contributed by atoms with Crippen molar-refractivity contribution in [2.24, 2.45) is 11.7 Å². The normalized spacial score (nSPS) is 27.3. The van der Waals surface area contributed by atoms with E-state index < -0.39 is 11.1 Å². The number of allylic oxidation sites excluding steroid dienone is 3. The lowest BCUT2D eigenvalue weighted by atomic mass is 9.72. The predicted octanol–water partition coefficient (Wildman–Crippen LogP) is 1.61. The lowest BCUT2D eigenvalue weighted by Gasteiger charge is -2.42. The fourth-order valence-electron chi connectivity index (χ4n) is 1.48. The first kappa shape index (κ1) is 10.5. The third-order valence-corrected chi connectivity index (χ3v) is 3.07. The second-order valence-corrected chi connectivity index (χ2v) is 4.50. The molecule has 0 aromatic carbocycles. The Balaban J connectivity index is 2.81. The zero-order valence-corrected chi connectivity index (χ0v) is 8.62. The van der Waals surface area contributed by atoms with Crippen LogP contribution in [0.15, 0.2) is 24.3 Å². The van der Waals surface area contributed by atoms with Gasteiger partial charge in [-0.15, -0.1) is 0 Å². The highest BCUT2D eigenvalue weighted by Gasteiger charge is 2.41. The standard InChI is InChI=1S/C11H19NO/c1-10(2,13)11(3,12)9-7-5-4-6-8-9/h4-7,9,13H,8,12H2,1-3H3. The van der Waals surface area contributed by atoms with Crippen molar-refractivity contribution in [3.8, 4) is 0 Å². The Labute approximate surface area is 80.1 Å². The van der Waals surface area contributed by atoms with Crippen molar-refractivity contribution in [3.05, 3.63) is 24.3 Å². The molecule has 2 nitrogen and oxygen atoms in total. The molecule has 2 unspecified atom stereocenters. The molecule has 0 heterocycles. The molecule has 3 N–H and O–H groups in total. The zero-order chi connectivity index (χ0) is 10.1. The Hall–Kier alpha value is -0.600. The minimum Gasteiger partial charge on any atom is -0.389 e. The fraction of sp³-hybridized carbons (Fsp3) is 0.636. The van der Waals surface area contributed by atoms with Gasteiger partial charge in [0.25, 0.3) is 0 Å². The van der Waals surface area contributed by atoms with Crippen LogP contribution in [0.4, 0.5) is 0 Å². The molecule has 0 saturated heterocycles. The molecule has 0 aliphatic heterocycles. The van der Waals surface area contributed by atoms with Crippen LogP contribution in [0.25, 0.3) is 0 Å². The van der Waals surface area contributed by atoms with E-state index in [0.717, 1.165) is 6.42 Å². The van der Waals surface area contributed by atoms with Crippen LogP contribution in [0.3, 0.4) is 0 Å². The topological polar surface area (TPSA) is 46.2 Å². The molecule has 0 bridgehead atoms. The summed E-state index contributed by atoms with van der Waals surface area (Å²) in [4.78, 5) is 0. The van der Waals surface area contributed by atoms with Crippen molar-refractivity contribution in [2.45, 2.75) is 38.3 Å². The Morgan fingerprint density at radius 3 is 2.31 bits per heavy atom. The van der Waals surface area contributed by atoms with E-state index >= 15 is 0 Å². The van der Waals surface area contributed by atoms with Gasteiger partial charge in [0.1, 0.15) is 0 Å². The fourth-order valence-corrected chi connectivity index (χ4v) is 1.48. The molecule has 2 atom stereocenters. The van der Waals surface area contributed by atoms with E-state index in [0.29, 0.717) is 0 Å². The molecular weight excluding hydrogens is 162 g/mol. The van der Waals surface area contributed by atoms with Gasteiger partial charge in [-0.05, 0) is 27.2 Å². The van der Waals surface area contributed by atoms with Gasteiger partial charge in [-0.3, -0.25) is 0 Å². The molecule has 13 heavy (non-hydrogen) atoms. The van der Waals surface area contributed by atoms with Gasteiger partial charge in [0.15, 0.2) is 0 Å². The first-order valence-corrected chi connectivity index (χ1v) is 4.70. The molecule has 0 aromatic heterocycles. The van der Waals surface area contributed by atoms with Gasteiger partial charge in [0, 0.05) is 11.5 Å². The second kappa shape index (κ2) is 3.28. The van der Waals surface area contributed by atoms with Crippen LogP contribution in [-0.4, -0.2) is 16.2 Å². The largest absolute Gasteiger partial charge is 0.389 e. The minimum absolute atomic E-state index is 0.220. The highest BCUT2D eigenvalue weighted by molar-refractivity contribution is 5.17. The van der Waals surface area contributed by atoms with Gasteiger partial charge in [0.05, 0.1) is 5.60 Å². The predicted molar refractivity (Wildman–Crippen MR) is 55.3 cm³/mol. The van der Waals surface area contributed by atoms with Crippen LogP contribution in [-0.2, 0) is 0 Å². The SMILES string of the molecule is CC(C)(O)C(C)(N)C1C=CC=CC1. The van der Waals surface area contributed by atoms with E-state index in [9.17, 15) is 5.11 Å². The van der Waals surface area contributed by atoms with Gasteiger partial charge >= 0.3 is 0 Å². The smallest absolute Gasteiger partial charge is 0.0773 e. The molecule has 1 rings (SSSR count). The zero-order valence-electron chi connectivity index (χ0n) is 8.62. The monoisotopic (exact) mass is 181 g/mol. The van der Waals surface area contributed by atoms with Gasteiger partial charge in [-0.2, -0.15) is 0 Å². The van der Waals surface area contributed by atoms with E-state index in [1.807, 2.05) is 19.1 Å². The van der Waals surface area contributed by atoms with E-state index in [4.69, 9.17) is 5.73 Å². The molecule has 0 aromatic rings. The van der Waals surface area contributed by atoms with Crippen molar-refractivity contribution in [1.29, 1.82) is 0 Å². The molecule has 1 aliphatic carbocycles. The highest BCUT2D eigenvalue weighted by atomic mass is 16.3. The molecule has 0 spiro atoms. The van der Waals surface area contributed by atoms with Crippen molar-refractivity contribution in [2.75, 3.05) is 0 Å². The third kappa shape index (κ3) is 2.01. The summed E-state index contributed by atoms with van der Waals surface area (Å²) in [7, 11) is 0. The second-order valence-electron chi connectivity index (χ2n) is 4.50. The summed E-state index contributed by atoms with van der Waals surface area (Å²) in [5, 5.41) is 9.91. The van der Waals surface area contributed by atoms with E-state index in [2.05, 4.69) is 12.2 Å². The number of aliphatic hydroxyl groups is 1. The van der Waals surface area contributed by atoms with Crippen LogP contribution in [0.1, 0.15) is 27.2 Å². The average Bonchev–Trinajstić information content (AvgIpc) is 2.04. The maximum atomic E-state index is 9.91. The van der Waals surface area contributed by atoms with Crippen molar-refractivity contribution < 1.29 is 5.11 Å². The van der Waals surface area contributed by atoms with E-state index in [-0.39, 0.29) is 5.92 Å². The number of rotatable bonds is 2. The summed E-state index contributed by atoms with van der Waals surface area (Å²) in [5.74, 6) is 0.220. The Morgan fingerprint density at radius 2 is 1.92 bits per heavy atom. The van der Waals surface area contributed by atoms with Crippen LogP contribution < -0.4 is 5.73 Å². The summed E-state index contributed by atoms with van der Waals surface area (Å²) in [5.41, 5.74) is 4.70. The molecule has 74 valence electrons. The van der Waals surface area contributed by atoms with E-state index in [1.54, 1.807) is 13.8 Å². The first-order chi connectivity index (χ1) is 5.86. The van der Waals surface area contributed by atoms with Crippen molar-refractivity contribution >= 4 is 0 Å². The number of nitrogens with two attached hydrogens (primary N) is 1. The van der Waals surface area contributed by atoms with Crippen molar-refractivity contribution in [1.82, 2.24) is 0 Å². The maximum Gasteiger partial charge on any atom is 0.0773 e. The molecule has 2 heteroatoms. The van der Waals surface area contributed by atoms with Crippen LogP contribution in [0.2, 0.25) is 0 Å². The first-order valence-electron chi connectivity index (χ1n) is 4.70. The number of hydrogen-bond acceptors (Lipinski definition) is 2. The molecular formula is C11H19NO. The molecule has 0 fully saturated rings. The minimum atomic E-state index is -0.854. The van der Waals surface area contributed by atoms with Gasteiger partial charge < -0.3 is 10.8 Å². The Kier molecular flexibility index (Phi) is 2.64. The summed E-state index contributed by atoms with van der Waals surface area (Å²) < 4.78 is 0. The maximum absolute atomic E-state index is 9.91. The third-order valence-electron chi connectivity index (χ3n) is 3.07. The van der Waals surface area contributed by atoms with Gasteiger partial charge in [-0.25, -0.2) is 0 Å². The van der Waals surface area contributed by atoms with Gasteiger partial charge in [-0.1, -0.05) is 24.3 Å². The summed E-state index contributed by atoms with van der Waals surface area (Å²) in [6.07, 6.45) is 9.06.